The van der Waals surface area contributed by atoms with Gasteiger partial charge in [-0.1, -0.05) is 53.8 Å². The van der Waals surface area contributed by atoms with Crippen molar-refractivity contribution >= 4 is 23.4 Å². The molecule has 1 aromatic heterocycles. The van der Waals surface area contributed by atoms with Gasteiger partial charge in [0.05, 0.1) is 42.7 Å². The zero-order valence-corrected chi connectivity index (χ0v) is 19.6. The Morgan fingerprint density at radius 3 is 2.55 bits per heavy atom. The van der Waals surface area contributed by atoms with Gasteiger partial charge in [-0.3, -0.25) is 9.36 Å². The molecule has 2 heterocycles. The van der Waals surface area contributed by atoms with Crippen molar-refractivity contribution in [2.24, 2.45) is 4.99 Å². The molecule has 0 N–H and O–H groups in total. The van der Waals surface area contributed by atoms with E-state index in [9.17, 15) is 9.59 Å². The second-order valence-electron chi connectivity index (χ2n) is 7.30. The van der Waals surface area contributed by atoms with Crippen LogP contribution in [0, 0.1) is 0 Å². The average molecular weight is 465 g/mol. The number of fused-ring (bicyclic) bond motifs is 1. The number of hydrogen-bond donors (Lipinski definition) is 0. The maximum Gasteiger partial charge on any atom is 0.338 e. The smallest absolute Gasteiger partial charge is 0.338 e. The van der Waals surface area contributed by atoms with E-state index in [2.05, 4.69) is 4.99 Å². The Morgan fingerprint density at radius 1 is 1.12 bits per heavy atom. The van der Waals surface area contributed by atoms with Crippen LogP contribution in [0.4, 0.5) is 0 Å². The van der Waals surface area contributed by atoms with Crippen molar-refractivity contribution in [3.8, 4) is 11.5 Å². The number of methoxy groups -OCH3 is 2. The summed E-state index contributed by atoms with van der Waals surface area (Å²) >= 11 is 1.26. The third-order valence-electron chi connectivity index (χ3n) is 5.35. The number of nitrogens with zero attached hydrogens (tertiary/aromatic N) is 2. The van der Waals surface area contributed by atoms with Gasteiger partial charge in [-0.15, -0.1) is 0 Å². The van der Waals surface area contributed by atoms with Crippen LogP contribution < -0.4 is 24.4 Å². The molecular weight excluding hydrogens is 440 g/mol. The van der Waals surface area contributed by atoms with E-state index < -0.39 is 12.0 Å². The summed E-state index contributed by atoms with van der Waals surface area (Å²) in [7, 11) is 3.12. The fourth-order valence-electron chi connectivity index (χ4n) is 3.91. The van der Waals surface area contributed by atoms with Crippen LogP contribution in [-0.4, -0.2) is 31.4 Å². The highest BCUT2D eigenvalue weighted by molar-refractivity contribution is 7.07. The van der Waals surface area contributed by atoms with Crippen molar-refractivity contribution in [2.75, 3.05) is 20.8 Å². The number of rotatable bonds is 6. The van der Waals surface area contributed by atoms with Gasteiger partial charge >= 0.3 is 5.97 Å². The normalized spacial score (nSPS) is 15.6. The number of ether oxygens (including phenoxy) is 3. The largest absolute Gasteiger partial charge is 0.493 e. The molecule has 0 saturated heterocycles. The molecule has 2 aromatic carbocycles. The Kier molecular flexibility index (Phi) is 6.46. The Bertz CT molecular complexity index is 1400. The van der Waals surface area contributed by atoms with E-state index in [1.165, 1.54) is 11.3 Å². The summed E-state index contributed by atoms with van der Waals surface area (Å²) in [6.07, 6.45) is 1.76. The lowest BCUT2D eigenvalue weighted by Gasteiger charge is -2.24. The van der Waals surface area contributed by atoms with Crippen molar-refractivity contribution < 1.29 is 19.0 Å². The number of carbonyl (C=O) groups excluding carboxylic acids is 1. The molecule has 0 spiro atoms. The molecule has 0 bridgehead atoms. The number of para-hydroxylation sites is 1. The van der Waals surface area contributed by atoms with E-state index in [-0.39, 0.29) is 12.2 Å². The van der Waals surface area contributed by atoms with E-state index >= 15 is 0 Å². The second-order valence-corrected chi connectivity index (χ2v) is 8.30. The first kappa shape index (κ1) is 22.5. The third kappa shape index (κ3) is 4.09. The second kappa shape index (κ2) is 9.46. The maximum absolute atomic E-state index is 13.6. The third-order valence-corrected chi connectivity index (χ3v) is 6.34. The lowest BCUT2D eigenvalue weighted by Crippen LogP contribution is -2.39. The molecule has 170 valence electrons. The number of carbonyl (C=O) groups is 1. The minimum atomic E-state index is -0.629. The van der Waals surface area contributed by atoms with Crippen LogP contribution in [0.25, 0.3) is 6.08 Å². The zero-order valence-electron chi connectivity index (χ0n) is 18.8. The molecule has 0 amide bonds. The van der Waals surface area contributed by atoms with E-state index in [1.54, 1.807) is 44.8 Å². The molecule has 7 nitrogen and oxygen atoms in total. The molecule has 3 aromatic rings. The summed E-state index contributed by atoms with van der Waals surface area (Å²) in [5.41, 5.74) is 2.17. The van der Waals surface area contributed by atoms with Crippen molar-refractivity contribution in [3.05, 3.63) is 90.6 Å². The Morgan fingerprint density at radius 2 is 1.88 bits per heavy atom. The van der Waals surface area contributed by atoms with E-state index in [1.807, 2.05) is 42.5 Å². The van der Waals surface area contributed by atoms with Gasteiger partial charge in [0.1, 0.15) is 0 Å². The number of thiazole rings is 1. The summed E-state index contributed by atoms with van der Waals surface area (Å²) in [5, 5.41) is 0. The molecule has 4 rings (SSSR count). The first-order chi connectivity index (χ1) is 16.0. The lowest BCUT2D eigenvalue weighted by atomic mass is 9.96. The van der Waals surface area contributed by atoms with E-state index in [0.717, 1.165) is 5.56 Å². The van der Waals surface area contributed by atoms with Crippen molar-refractivity contribution in [3.63, 3.8) is 0 Å². The summed E-state index contributed by atoms with van der Waals surface area (Å²) in [5.74, 6) is 0.631. The molecule has 1 aliphatic heterocycles. The molecule has 1 unspecified atom stereocenters. The molecule has 0 aliphatic carbocycles. The van der Waals surface area contributed by atoms with Gasteiger partial charge in [-0.25, -0.2) is 9.79 Å². The van der Waals surface area contributed by atoms with Crippen LogP contribution >= 0.6 is 11.3 Å². The van der Waals surface area contributed by atoms with E-state index in [0.29, 0.717) is 37.7 Å². The highest BCUT2D eigenvalue weighted by Gasteiger charge is 2.33. The lowest BCUT2D eigenvalue weighted by molar-refractivity contribution is -0.139. The molecule has 1 atom stereocenters. The van der Waals surface area contributed by atoms with Gasteiger partial charge in [0, 0.05) is 5.56 Å². The van der Waals surface area contributed by atoms with Crippen molar-refractivity contribution in [1.29, 1.82) is 0 Å². The quantitative estimate of drug-likeness (QED) is 0.524. The molecule has 0 saturated carbocycles. The molecule has 0 fully saturated rings. The van der Waals surface area contributed by atoms with Gasteiger partial charge in [0.25, 0.3) is 5.56 Å². The topological polar surface area (TPSA) is 79.1 Å². The Hall–Kier alpha value is -3.65. The van der Waals surface area contributed by atoms with Gasteiger partial charge in [-0.05, 0) is 31.6 Å². The van der Waals surface area contributed by atoms with Crippen LogP contribution in [-0.2, 0) is 9.53 Å². The first-order valence-corrected chi connectivity index (χ1v) is 11.3. The van der Waals surface area contributed by atoms with Crippen LogP contribution in [0.3, 0.4) is 0 Å². The average Bonchev–Trinajstić information content (AvgIpc) is 3.13. The van der Waals surface area contributed by atoms with Gasteiger partial charge < -0.3 is 14.2 Å². The van der Waals surface area contributed by atoms with Crippen LogP contribution in [0.2, 0.25) is 0 Å². The predicted octanol–water partition coefficient (Wildman–Crippen LogP) is 2.82. The summed E-state index contributed by atoms with van der Waals surface area (Å²) < 4.78 is 18.2. The molecule has 33 heavy (non-hydrogen) atoms. The number of esters is 1. The summed E-state index contributed by atoms with van der Waals surface area (Å²) in [4.78, 5) is 31.6. The van der Waals surface area contributed by atoms with Gasteiger partial charge in [0.15, 0.2) is 16.3 Å². The number of aromatic nitrogens is 1. The number of allylic oxidation sites excluding steroid dienone is 1. The summed E-state index contributed by atoms with van der Waals surface area (Å²) in [6.45, 7) is 3.75. The molecular formula is C25H24N2O5S. The minimum absolute atomic E-state index is 0.233. The standard InChI is InChI=1S/C25H24N2O5S/c1-5-32-24(29)20-15(2)26-25-27(21(20)16-10-7-6-8-11-16)23(28)19(33-25)14-17-12-9-13-18(30-3)22(17)31-4/h6-14,21H,5H2,1-4H3/b19-14-. The SMILES string of the molecule is CCOC(=O)C1=C(C)N=c2s/c(=C\c3cccc(OC)c3OC)c(=O)n2C1c1ccccc1. The fourth-order valence-corrected chi connectivity index (χ4v) is 4.95. The molecule has 8 heteroatoms. The Balaban J connectivity index is 1.96. The Labute approximate surface area is 194 Å². The highest BCUT2D eigenvalue weighted by atomic mass is 32.1. The van der Waals surface area contributed by atoms with Crippen molar-refractivity contribution in [1.82, 2.24) is 4.57 Å². The van der Waals surface area contributed by atoms with Gasteiger partial charge in [0.2, 0.25) is 0 Å². The predicted molar refractivity (Wildman–Crippen MR) is 126 cm³/mol. The molecule has 0 radical (unpaired) electrons. The molecule has 1 aliphatic rings. The van der Waals surface area contributed by atoms with E-state index in [4.69, 9.17) is 14.2 Å². The van der Waals surface area contributed by atoms with Gasteiger partial charge in [-0.2, -0.15) is 0 Å². The number of benzene rings is 2. The minimum Gasteiger partial charge on any atom is -0.493 e. The maximum atomic E-state index is 13.6. The van der Waals surface area contributed by atoms with Crippen molar-refractivity contribution in [2.45, 2.75) is 19.9 Å². The van der Waals surface area contributed by atoms with Crippen LogP contribution in [0.15, 0.2) is 69.6 Å². The first-order valence-electron chi connectivity index (χ1n) is 10.5. The fraction of sp³-hybridized carbons (Fsp3) is 0.240. The number of hydrogen-bond acceptors (Lipinski definition) is 7. The highest BCUT2D eigenvalue weighted by Crippen LogP contribution is 2.32. The zero-order chi connectivity index (χ0) is 23.5. The monoisotopic (exact) mass is 464 g/mol. The summed E-state index contributed by atoms with van der Waals surface area (Å²) in [6, 6.07) is 14.3. The van der Waals surface area contributed by atoms with Crippen LogP contribution in [0.1, 0.15) is 31.0 Å². The van der Waals surface area contributed by atoms with Crippen LogP contribution in [0.5, 0.6) is 11.5 Å².